The van der Waals surface area contributed by atoms with Gasteiger partial charge in [-0.3, -0.25) is 4.79 Å². The lowest BCUT2D eigenvalue weighted by Gasteiger charge is -2.07. The van der Waals surface area contributed by atoms with E-state index in [2.05, 4.69) is 15.9 Å². The molecule has 0 radical (unpaired) electrons. The molecular formula is C15H11BrClFO. The first-order valence-corrected chi connectivity index (χ1v) is 6.88. The molecule has 2 rings (SSSR count). The van der Waals surface area contributed by atoms with E-state index in [4.69, 9.17) is 11.6 Å². The van der Waals surface area contributed by atoms with Crippen molar-refractivity contribution in [1.82, 2.24) is 0 Å². The number of carbonyl (C=O) groups excluding carboxylic acids is 1. The Kier molecular flexibility index (Phi) is 4.38. The van der Waals surface area contributed by atoms with E-state index in [-0.39, 0.29) is 18.0 Å². The van der Waals surface area contributed by atoms with Crippen molar-refractivity contribution in [2.45, 2.75) is 13.3 Å². The smallest absolute Gasteiger partial charge is 0.167 e. The quantitative estimate of drug-likeness (QED) is 0.720. The van der Waals surface area contributed by atoms with Crippen LogP contribution in [0, 0.1) is 12.7 Å². The first kappa shape index (κ1) is 14.2. The van der Waals surface area contributed by atoms with Crippen LogP contribution in [0.3, 0.4) is 0 Å². The van der Waals surface area contributed by atoms with Crippen LogP contribution >= 0.6 is 27.5 Å². The Morgan fingerprint density at radius 3 is 2.68 bits per heavy atom. The van der Waals surface area contributed by atoms with Crippen molar-refractivity contribution in [3.63, 3.8) is 0 Å². The summed E-state index contributed by atoms with van der Waals surface area (Å²) < 4.78 is 14.4. The summed E-state index contributed by atoms with van der Waals surface area (Å²) in [6, 6.07) is 9.82. The second kappa shape index (κ2) is 5.85. The summed E-state index contributed by atoms with van der Waals surface area (Å²) in [7, 11) is 0. The van der Waals surface area contributed by atoms with Gasteiger partial charge in [0.2, 0.25) is 0 Å². The third-order valence-electron chi connectivity index (χ3n) is 2.87. The fourth-order valence-electron chi connectivity index (χ4n) is 1.83. The summed E-state index contributed by atoms with van der Waals surface area (Å²) in [6.45, 7) is 1.83. The van der Waals surface area contributed by atoms with E-state index in [1.807, 2.05) is 6.92 Å². The zero-order valence-electron chi connectivity index (χ0n) is 10.2. The Labute approximate surface area is 124 Å². The molecule has 0 aliphatic carbocycles. The number of ketones is 1. The molecule has 19 heavy (non-hydrogen) atoms. The van der Waals surface area contributed by atoms with Crippen molar-refractivity contribution in [2.24, 2.45) is 0 Å². The topological polar surface area (TPSA) is 17.1 Å². The van der Waals surface area contributed by atoms with Crippen LogP contribution in [0.2, 0.25) is 5.02 Å². The Hall–Kier alpha value is -1.19. The summed E-state index contributed by atoms with van der Waals surface area (Å²) >= 11 is 9.07. The molecule has 2 aromatic carbocycles. The van der Waals surface area contributed by atoms with E-state index in [0.717, 1.165) is 5.56 Å². The molecule has 0 atom stereocenters. The van der Waals surface area contributed by atoms with E-state index < -0.39 is 0 Å². The van der Waals surface area contributed by atoms with Crippen molar-refractivity contribution in [2.75, 3.05) is 0 Å². The van der Waals surface area contributed by atoms with Gasteiger partial charge in [0.25, 0.3) is 0 Å². The summed E-state index contributed by atoms with van der Waals surface area (Å²) in [5, 5.41) is 0.505. The van der Waals surface area contributed by atoms with Crippen LogP contribution in [0.1, 0.15) is 21.5 Å². The van der Waals surface area contributed by atoms with Crippen LogP contribution in [0.4, 0.5) is 4.39 Å². The fraction of sp³-hybridized carbons (Fsp3) is 0.133. The third kappa shape index (κ3) is 3.43. The maximum Gasteiger partial charge on any atom is 0.167 e. The summed E-state index contributed by atoms with van der Waals surface area (Å²) in [4.78, 5) is 12.2. The predicted octanol–water partition coefficient (Wildman–Crippen LogP) is 4.98. The van der Waals surface area contributed by atoms with Gasteiger partial charge in [-0.1, -0.05) is 39.7 Å². The second-order valence-electron chi connectivity index (χ2n) is 4.29. The minimum atomic E-state index is -0.387. The van der Waals surface area contributed by atoms with Crippen molar-refractivity contribution < 1.29 is 9.18 Å². The van der Waals surface area contributed by atoms with Gasteiger partial charge in [0.1, 0.15) is 5.82 Å². The Morgan fingerprint density at radius 2 is 2.00 bits per heavy atom. The highest BCUT2D eigenvalue weighted by Crippen LogP contribution is 2.20. The average Bonchev–Trinajstić information content (AvgIpc) is 2.35. The molecule has 0 spiro atoms. The van der Waals surface area contributed by atoms with Gasteiger partial charge in [-0.05, 0) is 42.3 Å². The van der Waals surface area contributed by atoms with Crippen LogP contribution in [0.5, 0.6) is 0 Å². The zero-order valence-corrected chi connectivity index (χ0v) is 12.6. The molecule has 0 heterocycles. The molecular weight excluding hydrogens is 331 g/mol. The molecule has 0 amide bonds. The molecule has 0 bridgehead atoms. The van der Waals surface area contributed by atoms with Crippen LogP contribution < -0.4 is 0 Å². The van der Waals surface area contributed by atoms with Crippen molar-refractivity contribution in [3.8, 4) is 0 Å². The molecule has 0 saturated heterocycles. The third-order valence-corrected chi connectivity index (χ3v) is 3.59. The zero-order chi connectivity index (χ0) is 14.0. The first-order valence-electron chi connectivity index (χ1n) is 5.70. The highest BCUT2D eigenvalue weighted by molar-refractivity contribution is 9.10. The SMILES string of the molecule is Cc1ccc(Cl)cc1C(=O)Cc1ccc(Br)cc1F. The van der Waals surface area contributed by atoms with Crippen molar-refractivity contribution in [3.05, 3.63) is 68.4 Å². The van der Waals surface area contributed by atoms with E-state index in [1.54, 1.807) is 30.3 Å². The molecule has 0 saturated carbocycles. The Bertz CT molecular complexity index is 640. The van der Waals surface area contributed by atoms with Crippen molar-refractivity contribution in [1.29, 1.82) is 0 Å². The first-order chi connectivity index (χ1) is 8.97. The number of rotatable bonds is 3. The maximum atomic E-state index is 13.7. The standard InChI is InChI=1S/C15H11BrClFO/c1-9-2-5-12(17)8-13(9)15(19)6-10-3-4-11(16)7-14(10)18/h2-5,7-8H,6H2,1H3. The number of carbonyl (C=O) groups is 1. The number of aryl methyl sites for hydroxylation is 1. The number of Topliss-reactive ketones (excluding diaryl/α,β-unsaturated/α-hetero) is 1. The van der Waals surface area contributed by atoms with E-state index in [9.17, 15) is 9.18 Å². The van der Waals surface area contributed by atoms with Gasteiger partial charge < -0.3 is 0 Å². The molecule has 98 valence electrons. The molecule has 0 unspecified atom stereocenters. The minimum absolute atomic E-state index is 0.0281. The summed E-state index contributed by atoms with van der Waals surface area (Å²) in [6.07, 6.45) is 0.0281. The minimum Gasteiger partial charge on any atom is -0.294 e. The van der Waals surface area contributed by atoms with Gasteiger partial charge in [0.05, 0.1) is 0 Å². The van der Waals surface area contributed by atoms with Gasteiger partial charge in [0.15, 0.2) is 5.78 Å². The van der Waals surface area contributed by atoms with Gasteiger partial charge in [-0.2, -0.15) is 0 Å². The highest BCUT2D eigenvalue weighted by atomic mass is 79.9. The van der Waals surface area contributed by atoms with Crippen LogP contribution in [-0.4, -0.2) is 5.78 Å². The fourth-order valence-corrected chi connectivity index (χ4v) is 2.33. The molecule has 2 aromatic rings. The monoisotopic (exact) mass is 340 g/mol. The molecule has 1 nitrogen and oxygen atoms in total. The molecule has 0 N–H and O–H groups in total. The van der Waals surface area contributed by atoms with Gasteiger partial charge >= 0.3 is 0 Å². The largest absolute Gasteiger partial charge is 0.294 e. The van der Waals surface area contributed by atoms with E-state index in [0.29, 0.717) is 20.6 Å². The lowest BCUT2D eigenvalue weighted by atomic mass is 9.99. The molecule has 0 aliphatic heterocycles. The molecule has 4 heteroatoms. The van der Waals surface area contributed by atoms with E-state index >= 15 is 0 Å². The number of benzene rings is 2. The highest BCUT2D eigenvalue weighted by Gasteiger charge is 2.13. The van der Waals surface area contributed by atoms with Crippen molar-refractivity contribution >= 4 is 33.3 Å². The Morgan fingerprint density at radius 1 is 1.26 bits per heavy atom. The summed E-state index contributed by atoms with van der Waals surface area (Å²) in [5.41, 5.74) is 1.76. The molecule has 0 aliphatic rings. The van der Waals surface area contributed by atoms with Crippen LogP contribution in [0.15, 0.2) is 40.9 Å². The lowest BCUT2D eigenvalue weighted by Crippen LogP contribution is -2.07. The van der Waals surface area contributed by atoms with Crippen LogP contribution in [-0.2, 0) is 6.42 Å². The number of hydrogen-bond acceptors (Lipinski definition) is 1. The second-order valence-corrected chi connectivity index (χ2v) is 5.65. The van der Waals surface area contributed by atoms with Gasteiger partial charge in [-0.15, -0.1) is 0 Å². The Balaban J connectivity index is 2.28. The van der Waals surface area contributed by atoms with Gasteiger partial charge in [-0.25, -0.2) is 4.39 Å². The number of hydrogen-bond donors (Lipinski definition) is 0. The maximum absolute atomic E-state index is 13.7. The van der Waals surface area contributed by atoms with Gasteiger partial charge in [0, 0.05) is 21.5 Å². The van der Waals surface area contributed by atoms with Crippen LogP contribution in [0.25, 0.3) is 0 Å². The molecule has 0 fully saturated rings. The average molecular weight is 342 g/mol. The normalized spacial score (nSPS) is 10.5. The lowest BCUT2D eigenvalue weighted by molar-refractivity contribution is 0.0991. The molecule has 0 aromatic heterocycles. The predicted molar refractivity (Wildman–Crippen MR) is 78.3 cm³/mol. The van der Waals surface area contributed by atoms with E-state index in [1.165, 1.54) is 6.07 Å². The number of halogens is 3. The summed E-state index contributed by atoms with van der Waals surface area (Å²) in [5.74, 6) is -0.524.